The highest BCUT2D eigenvalue weighted by atomic mass is 16.5. The van der Waals surface area contributed by atoms with Crippen molar-refractivity contribution in [3.63, 3.8) is 0 Å². The average Bonchev–Trinajstić information content (AvgIpc) is 3.19. The Hall–Kier alpha value is -3.90. The van der Waals surface area contributed by atoms with Crippen LogP contribution in [-0.2, 0) is 13.2 Å². The smallest absolute Gasteiger partial charge is 0.275 e. The number of aromatic amines is 1. The van der Waals surface area contributed by atoms with Gasteiger partial charge in [-0.3, -0.25) is 4.79 Å². The van der Waals surface area contributed by atoms with E-state index < -0.39 is 0 Å². The first kappa shape index (κ1) is 21.0. The minimum absolute atomic E-state index is 0.208. The van der Waals surface area contributed by atoms with Crippen molar-refractivity contribution < 1.29 is 4.74 Å². The summed E-state index contributed by atoms with van der Waals surface area (Å²) in [4.78, 5) is 20.7. The first-order valence-corrected chi connectivity index (χ1v) is 11.1. The molecule has 3 N–H and O–H groups in total. The first-order chi connectivity index (χ1) is 16.1. The zero-order chi connectivity index (χ0) is 22.8. The molecule has 6 nitrogen and oxygen atoms in total. The Labute approximate surface area is 191 Å². The van der Waals surface area contributed by atoms with Gasteiger partial charge in [-0.05, 0) is 61.3 Å². The molecule has 2 heterocycles. The second-order valence-corrected chi connectivity index (χ2v) is 8.27. The number of benzene rings is 3. The topological polar surface area (TPSA) is 85.9 Å². The lowest BCUT2D eigenvalue weighted by Gasteiger charge is -2.08. The first-order valence-electron chi connectivity index (χ1n) is 11.1. The van der Waals surface area contributed by atoms with Crippen LogP contribution in [0.4, 0.5) is 0 Å². The van der Waals surface area contributed by atoms with E-state index in [0.29, 0.717) is 18.8 Å². The molecule has 166 valence electrons. The molecule has 0 aliphatic carbocycles. The fraction of sp³-hybridized carbons (Fsp3) is 0.185. The summed E-state index contributed by atoms with van der Waals surface area (Å²) in [5.41, 5.74) is 11.5. The summed E-state index contributed by atoms with van der Waals surface area (Å²) in [6.45, 7) is 3.85. The van der Waals surface area contributed by atoms with Crippen LogP contribution in [0.3, 0.4) is 0 Å². The number of aryl methyl sites for hydroxylation is 2. The van der Waals surface area contributed by atoms with Crippen molar-refractivity contribution in [2.24, 2.45) is 5.73 Å². The second-order valence-electron chi connectivity index (χ2n) is 8.27. The van der Waals surface area contributed by atoms with Crippen molar-refractivity contribution in [2.45, 2.75) is 26.5 Å². The predicted octanol–water partition coefficient (Wildman–Crippen LogP) is 4.78. The van der Waals surface area contributed by atoms with Gasteiger partial charge in [-0.15, -0.1) is 0 Å². The maximum absolute atomic E-state index is 13.0. The summed E-state index contributed by atoms with van der Waals surface area (Å²) in [6, 6.07) is 21.9. The molecule has 0 saturated heterocycles. The summed E-state index contributed by atoms with van der Waals surface area (Å²) >= 11 is 0. The van der Waals surface area contributed by atoms with Gasteiger partial charge >= 0.3 is 0 Å². The highest BCUT2D eigenvalue weighted by molar-refractivity contribution is 5.96. The van der Waals surface area contributed by atoms with Gasteiger partial charge in [0.05, 0.1) is 11.0 Å². The average molecular weight is 439 g/mol. The standard InChI is InChI=1S/C27H26N4O2/c1-18-8-10-23-24(14-18)29-26(27(32)30-23)22-16-31(13-5-12-28)25-11-9-20(15-21(22)25)33-17-19-6-3-2-4-7-19/h2-4,6-11,14-16H,5,12-13,17,28H2,1H3,(H,30,32). The number of hydrogen-bond donors (Lipinski definition) is 2. The third-order valence-electron chi connectivity index (χ3n) is 5.81. The van der Waals surface area contributed by atoms with E-state index in [1.54, 1.807) is 0 Å². The molecular weight excluding hydrogens is 412 g/mol. The van der Waals surface area contributed by atoms with Crippen LogP contribution in [0.1, 0.15) is 17.5 Å². The molecule has 0 amide bonds. The fourth-order valence-electron chi connectivity index (χ4n) is 4.12. The molecule has 0 fully saturated rings. The Kier molecular flexibility index (Phi) is 5.67. The zero-order valence-corrected chi connectivity index (χ0v) is 18.5. The molecule has 5 aromatic rings. The number of rotatable bonds is 7. The van der Waals surface area contributed by atoms with Gasteiger partial charge in [0.2, 0.25) is 0 Å². The third-order valence-corrected chi connectivity index (χ3v) is 5.81. The van der Waals surface area contributed by atoms with Crippen LogP contribution in [0, 0.1) is 6.92 Å². The van der Waals surface area contributed by atoms with Crippen molar-refractivity contribution in [2.75, 3.05) is 6.54 Å². The Balaban J connectivity index is 1.61. The van der Waals surface area contributed by atoms with Crippen LogP contribution in [0.2, 0.25) is 0 Å². The van der Waals surface area contributed by atoms with Crippen molar-refractivity contribution in [3.05, 3.63) is 94.4 Å². The van der Waals surface area contributed by atoms with E-state index in [-0.39, 0.29) is 5.56 Å². The van der Waals surface area contributed by atoms with E-state index in [2.05, 4.69) is 9.55 Å². The van der Waals surface area contributed by atoms with Crippen LogP contribution in [0.15, 0.2) is 77.7 Å². The molecule has 0 bridgehead atoms. The lowest BCUT2D eigenvalue weighted by atomic mass is 10.1. The van der Waals surface area contributed by atoms with Gasteiger partial charge in [-0.1, -0.05) is 36.4 Å². The molecule has 0 unspecified atom stereocenters. The number of hydrogen-bond acceptors (Lipinski definition) is 4. The van der Waals surface area contributed by atoms with E-state index in [4.69, 9.17) is 15.5 Å². The number of nitrogens with zero attached hydrogens (tertiary/aromatic N) is 2. The van der Waals surface area contributed by atoms with E-state index in [0.717, 1.165) is 57.3 Å². The maximum atomic E-state index is 13.0. The van der Waals surface area contributed by atoms with Gasteiger partial charge < -0.3 is 20.0 Å². The molecule has 0 aliphatic rings. The predicted molar refractivity (Wildman–Crippen MR) is 132 cm³/mol. The normalized spacial score (nSPS) is 11.3. The largest absolute Gasteiger partial charge is 0.489 e. The Bertz CT molecular complexity index is 1490. The number of fused-ring (bicyclic) bond motifs is 2. The lowest BCUT2D eigenvalue weighted by molar-refractivity contribution is 0.306. The molecule has 2 aromatic heterocycles. The molecule has 33 heavy (non-hydrogen) atoms. The van der Waals surface area contributed by atoms with Gasteiger partial charge in [0.1, 0.15) is 18.1 Å². The quantitative estimate of drug-likeness (QED) is 0.383. The fourth-order valence-corrected chi connectivity index (χ4v) is 4.12. The van der Waals surface area contributed by atoms with Crippen molar-refractivity contribution >= 4 is 21.9 Å². The Morgan fingerprint density at radius 1 is 1.06 bits per heavy atom. The lowest BCUT2D eigenvalue weighted by Crippen LogP contribution is -2.11. The van der Waals surface area contributed by atoms with Crippen molar-refractivity contribution in [3.8, 4) is 17.0 Å². The van der Waals surface area contributed by atoms with Gasteiger partial charge in [0.25, 0.3) is 5.56 Å². The van der Waals surface area contributed by atoms with Gasteiger partial charge in [0.15, 0.2) is 0 Å². The molecule has 0 atom stereocenters. The van der Waals surface area contributed by atoms with Crippen LogP contribution in [0.5, 0.6) is 5.75 Å². The third kappa shape index (κ3) is 4.25. The number of nitrogens with one attached hydrogen (secondary N) is 1. The molecule has 0 aliphatic heterocycles. The van der Waals surface area contributed by atoms with Gasteiger partial charge in [0, 0.05) is 29.2 Å². The molecule has 0 saturated carbocycles. The SMILES string of the molecule is Cc1ccc2[nH]c(=O)c(-c3cn(CCCN)c4ccc(OCc5ccccc5)cc34)nc2c1. The molecule has 0 spiro atoms. The zero-order valence-electron chi connectivity index (χ0n) is 18.5. The van der Waals surface area contributed by atoms with Crippen molar-refractivity contribution in [1.82, 2.24) is 14.5 Å². The number of H-pyrrole nitrogens is 1. The van der Waals surface area contributed by atoms with E-state index >= 15 is 0 Å². The monoisotopic (exact) mass is 438 g/mol. The summed E-state index contributed by atoms with van der Waals surface area (Å²) in [7, 11) is 0. The number of ether oxygens (including phenoxy) is 1. The molecule has 3 aromatic carbocycles. The number of aromatic nitrogens is 3. The van der Waals surface area contributed by atoms with E-state index in [9.17, 15) is 4.79 Å². The molecule has 0 radical (unpaired) electrons. The minimum Gasteiger partial charge on any atom is -0.489 e. The minimum atomic E-state index is -0.208. The Morgan fingerprint density at radius 3 is 2.73 bits per heavy atom. The second kappa shape index (κ2) is 8.92. The van der Waals surface area contributed by atoms with E-state index in [1.807, 2.05) is 79.9 Å². The molecule has 6 heteroatoms. The Morgan fingerprint density at radius 2 is 1.91 bits per heavy atom. The van der Waals surface area contributed by atoms with Crippen LogP contribution in [0.25, 0.3) is 33.2 Å². The highest BCUT2D eigenvalue weighted by Crippen LogP contribution is 2.32. The maximum Gasteiger partial charge on any atom is 0.275 e. The van der Waals surface area contributed by atoms with Crippen LogP contribution < -0.4 is 16.0 Å². The van der Waals surface area contributed by atoms with Crippen molar-refractivity contribution in [1.29, 1.82) is 0 Å². The number of nitrogens with two attached hydrogens (primary N) is 1. The van der Waals surface area contributed by atoms with Crippen LogP contribution >= 0.6 is 0 Å². The van der Waals surface area contributed by atoms with Gasteiger partial charge in [-0.2, -0.15) is 0 Å². The summed E-state index contributed by atoms with van der Waals surface area (Å²) in [5.74, 6) is 0.747. The van der Waals surface area contributed by atoms with Gasteiger partial charge in [-0.25, -0.2) is 4.98 Å². The summed E-state index contributed by atoms with van der Waals surface area (Å²) in [5, 5.41) is 0.933. The summed E-state index contributed by atoms with van der Waals surface area (Å²) < 4.78 is 8.20. The van der Waals surface area contributed by atoms with Crippen LogP contribution in [-0.4, -0.2) is 21.1 Å². The summed E-state index contributed by atoms with van der Waals surface area (Å²) in [6.07, 6.45) is 2.84. The molecular formula is C27H26N4O2. The molecule has 5 rings (SSSR count). The highest BCUT2D eigenvalue weighted by Gasteiger charge is 2.16. The van der Waals surface area contributed by atoms with E-state index in [1.165, 1.54) is 0 Å².